The fourth-order valence-electron chi connectivity index (χ4n) is 2.01. The molecule has 1 aromatic rings. The molecular weight excluding hydrogens is 238 g/mol. The molecule has 4 nitrogen and oxygen atoms in total. The Labute approximate surface area is 108 Å². The lowest BCUT2D eigenvalue weighted by molar-refractivity contribution is -0.129. The molecule has 1 N–H and O–H groups in total. The van der Waals surface area contributed by atoms with E-state index in [9.17, 15) is 4.79 Å². The standard InChI is InChI=1S/C12H17N3O.ClH/c1-13-11-4-6-15(9-11)12(16)7-10-3-2-5-14-8-10;/h2-3,5,8,11,13H,4,6-7,9H2,1H3;1H. The molecule has 1 atom stereocenters. The van der Waals surface area contributed by atoms with Gasteiger partial charge < -0.3 is 10.2 Å². The van der Waals surface area contributed by atoms with Gasteiger partial charge in [-0.25, -0.2) is 0 Å². The summed E-state index contributed by atoms with van der Waals surface area (Å²) in [7, 11) is 1.94. The Morgan fingerprint density at radius 1 is 1.65 bits per heavy atom. The van der Waals surface area contributed by atoms with Gasteiger partial charge in [-0.2, -0.15) is 0 Å². The van der Waals surface area contributed by atoms with Gasteiger partial charge in [-0.15, -0.1) is 12.4 Å². The van der Waals surface area contributed by atoms with E-state index in [0.717, 1.165) is 25.1 Å². The van der Waals surface area contributed by atoms with Crippen molar-refractivity contribution in [2.45, 2.75) is 18.9 Å². The van der Waals surface area contributed by atoms with E-state index in [2.05, 4.69) is 10.3 Å². The third-order valence-electron chi connectivity index (χ3n) is 3.03. The molecule has 17 heavy (non-hydrogen) atoms. The first-order valence-corrected chi connectivity index (χ1v) is 5.63. The van der Waals surface area contributed by atoms with Gasteiger partial charge in [0, 0.05) is 31.5 Å². The first-order valence-electron chi connectivity index (χ1n) is 5.63. The van der Waals surface area contributed by atoms with Crippen molar-refractivity contribution < 1.29 is 4.79 Å². The van der Waals surface area contributed by atoms with Crippen LogP contribution in [0.3, 0.4) is 0 Å². The molecule has 0 spiro atoms. The van der Waals surface area contributed by atoms with Crippen molar-refractivity contribution >= 4 is 18.3 Å². The molecule has 1 aromatic heterocycles. The van der Waals surface area contributed by atoms with Crippen LogP contribution in [0.5, 0.6) is 0 Å². The van der Waals surface area contributed by atoms with E-state index in [1.807, 2.05) is 24.1 Å². The molecule has 1 aliphatic rings. The van der Waals surface area contributed by atoms with Crippen LogP contribution in [-0.2, 0) is 11.2 Å². The Morgan fingerprint density at radius 3 is 3.06 bits per heavy atom. The number of carbonyl (C=O) groups is 1. The molecule has 0 radical (unpaired) electrons. The second kappa shape index (κ2) is 6.57. The highest BCUT2D eigenvalue weighted by atomic mass is 35.5. The quantitative estimate of drug-likeness (QED) is 0.872. The van der Waals surface area contributed by atoms with Gasteiger partial charge in [0.15, 0.2) is 0 Å². The highest BCUT2D eigenvalue weighted by molar-refractivity contribution is 5.85. The van der Waals surface area contributed by atoms with Crippen molar-refractivity contribution in [1.29, 1.82) is 0 Å². The monoisotopic (exact) mass is 255 g/mol. The summed E-state index contributed by atoms with van der Waals surface area (Å²) in [6.45, 7) is 1.69. The molecule has 1 aliphatic heterocycles. The Balaban J connectivity index is 0.00000144. The summed E-state index contributed by atoms with van der Waals surface area (Å²) in [5.41, 5.74) is 0.986. The summed E-state index contributed by atoms with van der Waals surface area (Å²) in [6.07, 6.45) is 4.99. The predicted molar refractivity (Wildman–Crippen MR) is 69.2 cm³/mol. The number of amides is 1. The minimum absolute atomic E-state index is 0. The highest BCUT2D eigenvalue weighted by Gasteiger charge is 2.24. The van der Waals surface area contributed by atoms with Crippen molar-refractivity contribution in [3.8, 4) is 0 Å². The second-order valence-electron chi connectivity index (χ2n) is 4.15. The van der Waals surface area contributed by atoms with Crippen LogP contribution < -0.4 is 5.32 Å². The van der Waals surface area contributed by atoms with Gasteiger partial charge in [0.2, 0.25) is 5.91 Å². The summed E-state index contributed by atoms with van der Waals surface area (Å²) in [5, 5.41) is 3.21. The summed E-state index contributed by atoms with van der Waals surface area (Å²) in [4.78, 5) is 17.9. The maximum Gasteiger partial charge on any atom is 0.227 e. The number of aromatic nitrogens is 1. The van der Waals surface area contributed by atoms with Crippen LogP contribution in [0.1, 0.15) is 12.0 Å². The molecule has 1 unspecified atom stereocenters. The van der Waals surface area contributed by atoms with Gasteiger partial charge in [-0.1, -0.05) is 6.07 Å². The predicted octanol–water partition coefficient (Wildman–Crippen LogP) is 0.866. The molecule has 2 rings (SSSR count). The van der Waals surface area contributed by atoms with Crippen molar-refractivity contribution in [3.63, 3.8) is 0 Å². The summed E-state index contributed by atoms with van der Waals surface area (Å²) in [5.74, 6) is 0.200. The van der Waals surface area contributed by atoms with E-state index in [-0.39, 0.29) is 18.3 Å². The van der Waals surface area contributed by atoms with E-state index in [1.54, 1.807) is 12.4 Å². The fourth-order valence-corrected chi connectivity index (χ4v) is 2.01. The third-order valence-corrected chi connectivity index (χ3v) is 3.03. The van der Waals surface area contributed by atoms with Crippen LogP contribution in [0, 0.1) is 0 Å². The molecule has 2 heterocycles. The molecule has 0 bridgehead atoms. The molecular formula is C12H18ClN3O. The Hall–Kier alpha value is -1.13. The highest BCUT2D eigenvalue weighted by Crippen LogP contribution is 2.10. The van der Waals surface area contributed by atoms with Crippen LogP contribution in [0.2, 0.25) is 0 Å². The van der Waals surface area contributed by atoms with Gasteiger partial charge >= 0.3 is 0 Å². The minimum Gasteiger partial charge on any atom is -0.341 e. The average Bonchev–Trinajstić information content (AvgIpc) is 2.79. The maximum absolute atomic E-state index is 11.9. The zero-order chi connectivity index (χ0) is 11.4. The van der Waals surface area contributed by atoms with Gasteiger partial charge in [0.25, 0.3) is 0 Å². The number of hydrogen-bond acceptors (Lipinski definition) is 3. The summed E-state index contributed by atoms with van der Waals surface area (Å²) in [6, 6.07) is 4.26. The van der Waals surface area contributed by atoms with Crippen LogP contribution in [-0.4, -0.2) is 42.0 Å². The number of nitrogens with zero attached hydrogens (tertiary/aromatic N) is 2. The number of carbonyl (C=O) groups excluding carboxylic acids is 1. The van der Waals surface area contributed by atoms with E-state index in [0.29, 0.717) is 12.5 Å². The SMILES string of the molecule is CNC1CCN(C(=O)Cc2cccnc2)C1.Cl. The van der Waals surface area contributed by atoms with E-state index in [4.69, 9.17) is 0 Å². The van der Waals surface area contributed by atoms with E-state index >= 15 is 0 Å². The van der Waals surface area contributed by atoms with E-state index in [1.165, 1.54) is 0 Å². The Kier molecular flexibility index (Phi) is 5.38. The zero-order valence-corrected chi connectivity index (χ0v) is 10.7. The molecule has 0 aliphatic carbocycles. The number of hydrogen-bond donors (Lipinski definition) is 1. The summed E-state index contributed by atoms with van der Waals surface area (Å²) < 4.78 is 0. The lowest BCUT2D eigenvalue weighted by Gasteiger charge is -2.16. The molecule has 94 valence electrons. The number of likely N-dealkylation sites (tertiary alicyclic amines) is 1. The molecule has 1 amide bonds. The lowest BCUT2D eigenvalue weighted by atomic mass is 10.2. The first-order chi connectivity index (χ1) is 7.79. The Morgan fingerprint density at radius 2 is 2.47 bits per heavy atom. The molecule has 1 fully saturated rings. The van der Waals surface area contributed by atoms with Crippen molar-refractivity contribution in [2.75, 3.05) is 20.1 Å². The maximum atomic E-state index is 11.9. The first kappa shape index (κ1) is 13.9. The molecule has 0 aromatic carbocycles. The number of pyridine rings is 1. The molecule has 5 heteroatoms. The number of likely N-dealkylation sites (N-methyl/N-ethyl adjacent to an activating group) is 1. The average molecular weight is 256 g/mol. The Bertz CT molecular complexity index is 358. The van der Waals surface area contributed by atoms with Crippen molar-refractivity contribution in [2.24, 2.45) is 0 Å². The number of nitrogens with one attached hydrogen (secondary N) is 1. The summed E-state index contributed by atoms with van der Waals surface area (Å²) >= 11 is 0. The number of rotatable bonds is 3. The molecule has 1 saturated heterocycles. The minimum atomic E-state index is 0. The van der Waals surface area contributed by atoms with Gasteiger partial charge in [0.1, 0.15) is 0 Å². The normalized spacial score (nSPS) is 18.9. The zero-order valence-electron chi connectivity index (χ0n) is 9.93. The smallest absolute Gasteiger partial charge is 0.227 e. The van der Waals surface area contributed by atoms with Crippen LogP contribution >= 0.6 is 12.4 Å². The lowest BCUT2D eigenvalue weighted by Crippen LogP contribution is -2.34. The van der Waals surface area contributed by atoms with Gasteiger partial charge in [-0.05, 0) is 25.1 Å². The van der Waals surface area contributed by atoms with Crippen molar-refractivity contribution in [1.82, 2.24) is 15.2 Å². The topological polar surface area (TPSA) is 45.2 Å². The van der Waals surface area contributed by atoms with Crippen LogP contribution in [0.25, 0.3) is 0 Å². The fraction of sp³-hybridized carbons (Fsp3) is 0.500. The third kappa shape index (κ3) is 3.68. The van der Waals surface area contributed by atoms with Crippen molar-refractivity contribution in [3.05, 3.63) is 30.1 Å². The van der Waals surface area contributed by atoms with E-state index < -0.39 is 0 Å². The molecule has 0 saturated carbocycles. The largest absolute Gasteiger partial charge is 0.341 e. The van der Waals surface area contributed by atoms with Gasteiger partial charge in [-0.3, -0.25) is 9.78 Å². The van der Waals surface area contributed by atoms with Gasteiger partial charge in [0.05, 0.1) is 6.42 Å². The van der Waals surface area contributed by atoms with Crippen LogP contribution in [0.4, 0.5) is 0 Å². The second-order valence-corrected chi connectivity index (χ2v) is 4.15. The van der Waals surface area contributed by atoms with Crippen LogP contribution in [0.15, 0.2) is 24.5 Å². The number of halogens is 1.